The van der Waals surface area contributed by atoms with Gasteiger partial charge in [-0.1, -0.05) is 11.6 Å². The molecule has 1 aromatic carbocycles. The highest BCUT2D eigenvalue weighted by molar-refractivity contribution is 7.17. The number of halogens is 1. The molecule has 0 spiro atoms. The van der Waals surface area contributed by atoms with Crippen molar-refractivity contribution in [3.8, 4) is 11.8 Å². The Labute approximate surface area is 90.3 Å². The summed E-state index contributed by atoms with van der Waals surface area (Å²) < 4.78 is 6.06. The van der Waals surface area contributed by atoms with Crippen molar-refractivity contribution in [2.45, 2.75) is 0 Å². The van der Waals surface area contributed by atoms with E-state index in [0.717, 1.165) is 10.1 Å². The first-order valence-corrected chi connectivity index (χ1v) is 5.17. The molecule has 0 N–H and O–H groups in total. The topological polar surface area (TPSA) is 33.0 Å². The van der Waals surface area contributed by atoms with Gasteiger partial charge in [0.05, 0.1) is 17.4 Å². The van der Waals surface area contributed by atoms with Crippen LogP contribution in [0.3, 0.4) is 0 Å². The van der Waals surface area contributed by atoms with Crippen molar-refractivity contribution >= 4 is 33.0 Å². The van der Waals surface area contributed by atoms with Gasteiger partial charge in [-0.3, -0.25) is 0 Å². The summed E-state index contributed by atoms with van der Waals surface area (Å²) in [7, 11) is 1.52. The van der Waals surface area contributed by atoms with Crippen molar-refractivity contribution < 1.29 is 4.74 Å². The highest BCUT2D eigenvalue weighted by atomic mass is 35.5. The van der Waals surface area contributed by atoms with Gasteiger partial charge in [0.25, 0.3) is 0 Å². The zero-order valence-electron chi connectivity index (χ0n) is 7.37. The van der Waals surface area contributed by atoms with E-state index in [4.69, 9.17) is 21.6 Å². The van der Waals surface area contributed by atoms with Crippen molar-refractivity contribution in [2.75, 3.05) is 7.11 Å². The molecule has 70 valence electrons. The van der Waals surface area contributed by atoms with Crippen LogP contribution in [0, 0.1) is 11.3 Å². The molecule has 0 aliphatic heterocycles. The molecule has 14 heavy (non-hydrogen) atoms. The lowest BCUT2D eigenvalue weighted by Gasteiger charge is -2.05. The van der Waals surface area contributed by atoms with Gasteiger partial charge < -0.3 is 4.74 Å². The Morgan fingerprint density at radius 3 is 3.00 bits per heavy atom. The number of hydrogen-bond donors (Lipinski definition) is 0. The molecular formula is C10H6ClNOS. The Morgan fingerprint density at radius 1 is 1.57 bits per heavy atom. The molecule has 0 radical (unpaired) electrons. The van der Waals surface area contributed by atoms with Crippen LogP contribution in [-0.2, 0) is 0 Å². The standard InChI is InChI=1S/C10H6ClNOS/c1-13-9-7(5-12)4-6-2-3-14-10(6)8(9)11/h2-4H,1H3. The first-order chi connectivity index (χ1) is 6.77. The maximum atomic E-state index is 8.89. The Kier molecular flexibility index (Phi) is 2.32. The second kappa shape index (κ2) is 3.49. The van der Waals surface area contributed by atoms with Gasteiger partial charge in [-0.15, -0.1) is 11.3 Å². The van der Waals surface area contributed by atoms with Crippen LogP contribution in [0.1, 0.15) is 5.56 Å². The number of thiophene rings is 1. The second-order valence-corrected chi connectivity index (χ2v) is 4.02. The summed E-state index contributed by atoms with van der Waals surface area (Å²) in [4.78, 5) is 0. The molecule has 0 bridgehead atoms. The van der Waals surface area contributed by atoms with E-state index in [9.17, 15) is 0 Å². The third kappa shape index (κ3) is 1.24. The predicted octanol–water partition coefficient (Wildman–Crippen LogP) is 3.43. The lowest BCUT2D eigenvalue weighted by atomic mass is 10.1. The van der Waals surface area contributed by atoms with Gasteiger partial charge in [-0.25, -0.2) is 0 Å². The Morgan fingerprint density at radius 2 is 2.36 bits per heavy atom. The van der Waals surface area contributed by atoms with E-state index in [1.807, 2.05) is 11.4 Å². The van der Waals surface area contributed by atoms with Gasteiger partial charge in [0, 0.05) is 0 Å². The van der Waals surface area contributed by atoms with Crippen molar-refractivity contribution in [3.63, 3.8) is 0 Å². The maximum absolute atomic E-state index is 8.89. The summed E-state index contributed by atoms with van der Waals surface area (Å²) in [5.74, 6) is 0.462. The fourth-order valence-electron chi connectivity index (χ4n) is 1.34. The van der Waals surface area contributed by atoms with Gasteiger partial charge in [0.1, 0.15) is 11.1 Å². The number of benzene rings is 1. The van der Waals surface area contributed by atoms with Crippen LogP contribution in [0.4, 0.5) is 0 Å². The van der Waals surface area contributed by atoms with Crippen LogP contribution in [0.15, 0.2) is 17.5 Å². The normalized spacial score (nSPS) is 10.1. The average Bonchev–Trinajstić information content (AvgIpc) is 2.65. The maximum Gasteiger partial charge on any atom is 0.156 e. The molecule has 0 aliphatic rings. The molecule has 1 heterocycles. The van der Waals surface area contributed by atoms with Crippen molar-refractivity contribution in [1.29, 1.82) is 5.26 Å². The van der Waals surface area contributed by atoms with Crippen LogP contribution in [0.25, 0.3) is 10.1 Å². The molecule has 0 saturated carbocycles. The summed E-state index contributed by atoms with van der Waals surface area (Å²) in [6, 6.07) is 5.79. The Hall–Kier alpha value is -1.24. The van der Waals surface area contributed by atoms with Crippen LogP contribution in [0.5, 0.6) is 5.75 Å². The highest BCUT2D eigenvalue weighted by Gasteiger charge is 2.12. The number of nitrogens with zero attached hydrogens (tertiary/aromatic N) is 1. The molecule has 4 heteroatoms. The minimum atomic E-state index is 0.462. The zero-order chi connectivity index (χ0) is 10.1. The number of nitriles is 1. The fraction of sp³-hybridized carbons (Fsp3) is 0.100. The number of ether oxygens (including phenoxy) is 1. The largest absolute Gasteiger partial charge is 0.494 e. The van der Waals surface area contributed by atoms with Crippen LogP contribution < -0.4 is 4.74 Å². The van der Waals surface area contributed by atoms with E-state index in [1.54, 1.807) is 17.4 Å². The summed E-state index contributed by atoms with van der Waals surface area (Å²) in [6.07, 6.45) is 0. The van der Waals surface area contributed by atoms with E-state index in [0.29, 0.717) is 16.3 Å². The fourth-order valence-corrected chi connectivity index (χ4v) is 2.57. The van der Waals surface area contributed by atoms with E-state index in [-0.39, 0.29) is 0 Å². The molecule has 2 aromatic rings. The molecular weight excluding hydrogens is 218 g/mol. The monoisotopic (exact) mass is 223 g/mol. The summed E-state index contributed by atoms with van der Waals surface area (Å²) in [6.45, 7) is 0. The molecule has 0 amide bonds. The quantitative estimate of drug-likeness (QED) is 0.742. The molecule has 2 nitrogen and oxygen atoms in total. The number of methoxy groups -OCH3 is 1. The number of fused-ring (bicyclic) bond motifs is 1. The van der Waals surface area contributed by atoms with Gasteiger partial charge in [0.15, 0.2) is 5.75 Å². The molecule has 0 atom stereocenters. The number of hydrogen-bond acceptors (Lipinski definition) is 3. The average molecular weight is 224 g/mol. The molecule has 0 unspecified atom stereocenters. The van der Waals surface area contributed by atoms with Crippen molar-refractivity contribution in [1.82, 2.24) is 0 Å². The van der Waals surface area contributed by atoms with Crippen LogP contribution >= 0.6 is 22.9 Å². The Balaban J connectivity index is 2.87. The molecule has 0 fully saturated rings. The minimum absolute atomic E-state index is 0.462. The molecule has 0 saturated heterocycles. The van der Waals surface area contributed by atoms with Gasteiger partial charge in [-0.05, 0) is 22.9 Å². The second-order valence-electron chi connectivity index (χ2n) is 2.72. The lowest BCUT2D eigenvalue weighted by molar-refractivity contribution is 0.414. The van der Waals surface area contributed by atoms with E-state index < -0.39 is 0 Å². The first-order valence-electron chi connectivity index (χ1n) is 3.91. The number of rotatable bonds is 1. The summed E-state index contributed by atoms with van der Waals surface area (Å²) in [5.41, 5.74) is 0.475. The molecule has 2 rings (SSSR count). The third-order valence-electron chi connectivity index (χ3n) is 1.96. The van der Waals surface area contributed by atoms with Gasteiger partial charge in [-0.2, -0.15) is 5.26 Å². The van der Waals surface area contributed by atoms with E-state index in [2.05, 4.69) is 6.07 Å². The van der Waals surface area contributed by atoms with Gasteiger partial charge >= 0.3 is 0 Å². The summed E-state index contributed by atoms with van der Waals surface area (Å²) >= 11 is 7.64. The van der Waals surface area contributed by atoms with E-state index >= 15 is 0 Å². The summed E-state index contributed by atoms with van der Waals surface area (Å²) in [5, 5.41) is 12.3. The molecule has 0 aliphatic carbocycles. The lowest BCUT2D eigenvalue weighted by Crippen LogP contribution is -1.88. The van der Waals surface area contributed by atoms with Crippen LogP contribution in [0.2, 0.25) is 5.02 Å². The first kappa shape index (κ1) is 9.32. The van der Waals surface area contributed by atoms with Crippen LogP contribution in [-0.4, -0.2) is 7.11 Å². The predicted molar refractivity (Wildman–Crippen MR) is 58.1 cm³/mol. The minimum Gasteiger partial charge on any atom is -0.494 e. The van der Waals surface area contributed by atoms with Gasteiger partial charge in [0.2, 0.25) is 0 Å². The Bertz CT molecular complexity index is 527. The van der Waals surface area contributed by atoms with Crippen molar-refractivity contribution in [3.05, 3.63) is 28.1 Å². The zero-order valence-corrected chi connectivity index (χ0v) is 8.95. The van der Waals surface area contributed by atoms with Crippen molar-refractivity contribution in [2.24, 2.45) is 0 Å². The molecule has 1 aromatic heterocycles. The highest BCUT2D eigenvalue weighted by Crippen LogP contribution is 2.38. The smallest absolute Gasteiger partial charge is 0.156 e. The SMILES string of the molecule is COc1c(C#N)cc2ccsc2c1Cl. The third-order valence-corrected chi connectivity index (χ3v) is 3.38. The van der Waals surface area contributed by atoms with E-state index in [1.165, 1.54) is 7.11 Å².